The molecular formula is C13H18ClN3O2. The first-order valence-corrected chi connectivity index (χ1v) is 6.54. The third-order valence-corrected chi connectivity index (χ3v) is 3.68. The van der Waals surface area contributed by atoms with Gasteiger partial charge in [-0.1, -0.05) is 16.8 Å². The number of hydrogen-bond donors (Lipinski definition) is 2. The summed E-state index contributed by atoms with van der Waals surface area (Å²) in [5.74, 6) is 0.608. The quantitative estimate of drug-likeness (QED) is 0.383. The molecule has 1 unspecified atom stereocenters. The molecule has 1 heterocycles. The summed E-state index contributed by atoms with van der Waals surface area (Å²) < 4.78 is 5.19. The number of oxime groups is 1. The number of benzene rings is 1. The van der Waals surface area contributed by atoms with Crippen molar-refractivity contribution < 1.29 is 9.94 Å². The van der Waals surface area contributed by atoms with E-state index in [1.165, 1.54) is 0 Å². The van der Waals surface area contributed by atoms with Gasteiger partial charge in [-0.3, -0.25) is 0 Å². The normalized spacial score (nSPS) is 20.0. The number of amidine groups is 1. The Labute approximate surface area is 117 Å². The zero-order valence-electron chi connectivity index (χ0n) is 10.8. The Hall–Kier alpha value is -1.46. The molecule has 0 aliphatic carbocycles. The average Bonchev–Trinajstić information content (AvgIpc) is 2.86. The predicted octanol–water partition coefficient (Wildman–Crippen LogP) is 1.91. The standard InChI is InChI=1S/C13H18ClN3O2/c1-19-8-9-4-5-17(7-9)12-3-2-10(6-11(12)14)13(15)16-18/h2-3,6,9,18H,4-5,7-8H2,1H3,(H2,15,16). The van der Waals surface area contributed by atoms with E-state index >= 15 is 0 Å². The molecule has 3 N–H and O–H groups in total. The van der Waals surface area contributed by atoms with Crippen LogP contribution in [-0.4, -0.2) is 37.8 Å². The van der Waals surface area contributed by atoms with Gasteiger partial charge in [-0.15, -0.1) is 0 Å². The fraction of sp³-hybridized carbons (Fsp3) is 0.462. The number of ether oxygens (including phenoxy) is 1. The average molecular weight is 284 g/mol. The van der Waals surface area contributed by atoms with Gasteiger partial charge in [0.2, 0.25) is 0 Å². The second kappa shape index (κ2) is 6.12. The summed E-state index contributed by atoms with van der Waals surface area (Å²) in [7, 11) is 1.72. The molecule has 2 rings (SSSR count). The van der Waals surface area contributed by atoms with Crippen LogP contribution in [0.1, 0.15) is 12.0 Å². The smallest absolute Gasteiger partial charge is 0.170 e. The van der Waals surface area contributed by atoms with Crippen molar-refractivity contribution >= 4 is 23.1 Å². The Morgan fingerprint density at radius 2 is 2.42 bits per heavy atom. The molecule has 0 aromatic heterocycles. The second-order valence-electron chi connectivity index (χ2n) is 4.71. The van der Waals surface area contributed by atoms with E-state index in [-0.39, 0.29) is 5.84 Å². The lowest BCUT2D eigenvalue weighted by Crippen LogP contribution is -2.21. The first-order valence-electron chi connectivity index (χ1n) is 6.17. The highest BCUT2D eigenvalue weighted by Gasteiger charge is 2.24. The van der Waals surface area contributed by atoms with Gasteiger partial charge >= 0.3 is 0 Å². The molecule has 0 bridgehead atoms. The van der Waals surface area contributed by atoms with Crippen LogP contribution in [0.15, 0.2) is 23.4 Å². The fourth-order valence-electron chi connectivity index (χ4n) is 2.40. The van der Waals surface area contributed by atoms with Crippen molar-refractivity contribution in [3.63, 3.8) is 0 Å². The van der Waals surface area contributed by atoms with Gasteiger partial charge in [0.1, 0.15) is 0 Å². The second-order valence-corrected chi connectivity index (χ2v) is 5.11. The van der Waals surface area contributed by atoms with E-state index in [0.29, 0.717) is 16.5 Å². The van der Waals surface area contributed by atoms with Gasteiger partial charge in [0.15, 0.2) is 5.84 Å². The van der Waals surface area contributed by atoms with Gasteiger partial charge in [-0.25, -0.2) is 0 Å². The van der Waals surface area contributed by atoms with Crippen molar-refractivity contribution in [1.82, 2.24) is 0 Å². The molecular weight excluding hydrogens is 266 g/mol. The monoisotopic (exact) mass is 283 g/mol. The Balaban J connectivity index is 2.14. The van der Waals surface area contributed by atoms with Crippen molar-refractivity contribution in [2.45, 2.75) is 6.42 Å². The minimum atomic E-state index is 0.0622. The lowest BCUT2D eigenvalue weighted by atomic mass is 10.1. The molecule has 1 aromatic rings. The number of nitrogens with two attached hydrogens (primary N) is 1. The minimum absolute atomic E-state index is 0.0622. The molecule has 0 saturated carbocycles. The third kappa shape index (κ3) is 3.11. The van der Waals surface area contributed by atoms with Gasteiger partial charge in [-0.2, -0.15) is 0 Å². The van der Waals surface area contributed by atoms with Gasteiger partial charge in [0, 0.05) is 31.7 Å². The van der Waals surface area contributed by atoms with Crippen molar-refractivity contribution in [2.75, 3.05) is 31.7 Å². The highest BCUT2D eigenvalue weighted by atomic mass is 35.5. The summed E-state index contributed by atoms with van der Waals surface area (Å²) in [6.45, 7) is 2.68. The first-order chi connectivity index (χ1) is 9.15. The topological polar surface area (TPSA) is 71.1 Å². The Kier molecular flexibility index (Phi) is 4.50. The van der Waals surface area contributed by atoms with Crippen LogP contribution in [-0.2, 0) is 4.74 Å². The number of halogens is 1. The Morgan fingerprint density at radius 1 is 1.63 bits per heavy atom. The first kappa shape index (κ1) is 14.0. The van der Waals surface area contributed by atoms with E-state index in [0.717, 1.165) is 31.8 Å². The van der Waals surface area contributed by atoms with Crippen LogP contribution in [0.25, 0.3) is 0 Å². The van der Waals surface area contributed by atoms with Gasteiger partial charge in [-0.05, 0) is 24.6 Å². The van der Waals surface area contributed by atoms with Crippen molar-refractivity contribution in [3.8, 4) is 0 Å². The molecule has 1 atom stereocenters. The van der Waals surface area contributed by atoms with Gasteiger partial charge < -0.3 is 20.6 Å². The summed E-state index contributed by atoms with van der Waals surface area (Å²) in [6.07, 6.45) is 1.10. The van der Waals surface area contributed by atoms with Crippen LogP contribution in [0.3, 0.4) is 0 Å². The molecule has 1 aliphatic rings. The predicted molar refractivity (Wildman–Crippen MR) is 76.2 cm³/mol. The van der Waals surface area contributed by atoms with E-state index in [4.69, 9.17) is 27.3 Å². The number of anilines is 1. The molecule has 19 heavy (non-hydrogen) atoms. The molecule has 0 radical (unpaired) electrons. The SMILES string of the molecule is COCC1CCN(c2ccc(C(N)=NO)cc2Cl)C1. The summed E-state index contributed by atoms with van der Waals surface area (Å²) in [6, 6.07) is 5.43. The van der Waals surface area contributed by atoms with Crippen LogP contribution < -0.4 is 10.6 Å². The summed E-state index contributed by atoms with van der Waals surface area (Å²) in [5.41, 5.74) is 7.14. The van der Waals surface area contributed by atoms with Crippen LogP contribution in [0.2, 0.25) is 5.02 Å². The van der Waals surface area contributed by atoms with Crippen molar-refractivity contribution in [1.29, 1.82) is 0 Å². The molecule has 1 saturated heterocycles. The molecule has 1 aliphatic heterocycles. The Morgan fingerprint density at radius 3 is 3.05 bits per heavy atom. The fourth-order valence-corrected chi connectivity index (χ4v) is 2.70. The zero-order valence-corrected chi connectivity index (χ0v) is 11.6. The number of hydrogen-bond acceptors (Lipinski definition) is 4. The molecule has 104 valence electrons. The molecule has 0 spiro atoms. The number of rotatable bonds is 4. The minimum Gasteiger partial charge on any atom is -0.409 e. The van der Waals surface area contributed by atoms with Gasteiger partial charge in [0.05, 0.1) is 17.3 Å². The molecule has 0 amide bonds. The number of nitrogens with zero attached hydrogens (tertiary/aromatic N) is 2. The molecule has 1 aromatic carbocycles. The highest BCUT2D eigenvalue weighted by molar-refractivity contribution is 6.33. The van der Waals surface area contributed by atoms with Crippen LogP contribution in [0, 0.1) is 5.92 Å². The van der Waals surface area contributed by atoms with Crippen LogP contribution in [0.4, 0.5) is 5.69 Å². The molecule has 5 nitrogen and oxygen atoms in total. The van der Waals surface area contributed by atoms with E-state index < -0.39 is 0 Å². The third-order valence-electron chi connectivity index (χ3n) is 3.38. The van der Waals surface area contributed by atoms with Gasteiger partial charge in [0.25, 0.3) is 0 Å². The molecule has 6 heteroatoms. The maximum Gasteiger partial charge on any atom is 0.170 e. The van der Waals surface area contributed by atoms with E-state index in [2.05, 4.69) is 10.1 Å². The van der Waals surface area contributed by atoms with Crippen LogP contribution in [0.5, 0.6) is 0 Å². The largest absolute Gasteiger partial charge is 0.409 e. The van der Waals surface area contributed by atoms with E-state index in [1.807, 2.05) is 6.07 Å². The molecule has 1 fully saturated rings. The van der Waals surface area contributed by atoms with Crippen LogP contribution >= 0.6 is 11.6 Å². The lowest BCUT2D eigenvalue weighted by Gasteiger charge is -2.20. The summed E-state index contributed by atoms with van der Waals surface area (Å²) >= 11 is 6.27. The summed E-state index contributed by atoms with van der Waals surface area (Å²) in [5, 5.41) is 12.2. The highest BCUT2D eigenvalue weighted by Crippen LogP contribution is 2.31. The van der Waals surface area contributed by atoms with Crippen molar-refractivity contribution in [3.05, 3.63) is 28.8 Å². The maximum absolute atomic E-state index is 8.65. The zero-order chi connectivity index (χ0) is 13.8. The Bertz CT molecular complexity index is 479. The summed E-state index contributed by atoms with van der Waals surface area (Å²) in [4.78, 5) is 2.24. The number of methoxy groups -OCH3 is 1. The van der Waals surface area contributed by atoms with E-state index in [9.17, 15) is 0 Å². The van der Waals surface area contributed by atoms with E-state index in [1.54, 1.807) is 19.2 Å². The lowest BCUT2D eigenvalue weighted by molar-refractivity contribution is 0.161. The maximum atomic E-state index is 8.65. The van der Waals surface area contributed by atoms with Crippen molar-refractivity contribution in [2.24, 2.45) is 16.8 Å².